The summed E-state index contributed by atoms with van der Waals surface area (Å²) in [5, 5.41) is 2.91. The Labute approximate surface area is 118 Å². The van der Waals surface area contributed by atoms with E-state index in [0.29, 0.717) is 18.5 Å². The number of hydrogen-bond donors (Lipinski definition) is 1. The Morgan fingerprint density at radius 1 is 1.30 bits per heavy atom. The molecular formula is C16H19NO3. The van der Waals surface area contributed by atoms with Gasteiger partial charge in [0.05, 0.1) is 6.10 Å². The van der Waals surface area contributed by atoms with Crippen LogP contribution in [0.2, 0.25) is 0 Å². The second kappa shape index (κ2) is 5.75. The van der Waals surface area contributed by atoms with Crippen LogP contribution in [0.5, 0.6) is 0 Å². The lowest BCUT2D eigenvalue weighted by atomic mass is 9.89. The van der Waals surface area contributed by atoms with Gasteiger partial charge in [-0.15, -0.1) is 0 Å². The number of carbonyl (C=O) groups excluding carboxylic acids is 2. The lowest BCUT2D eigenvalue weighted by molar-refractivity contribution is 0.0857. The van der Waals surface area contributed by atoms with Crippen molar-refractivity contribution in [1.29, 1.82) is 0 Å². The van der Waals surface area contributed by atoms with E-state index in [1.165, 1.54) is 0 Å². The molecular weight excluding hydrogens is 254 g/mol. The van der Waals surface area contributed by atoms with Gasteiger partial charge in [0.2, 0.25) is 0 Å². The molecule has 2 aliphatic rings. The zero-order valence-corrected chi connectivity index (χ0v) is 11.5. The van der Waals surface area contributed by atoms with E-state index in [0.717, 1.165) is 43.4 Å². The second-order valence-electron chi connectivity index (χ2n) is 5.49. The number of carbonyl (C=O) groups is 2. The monoisotopic (exact) mass is 273 g/mol. The number of fused-ring (bicyclic) bond motifs is 1. The predicted octanol–water partition coefficient (Wildman–Crippen LogP) is 2.11. The number of rotatable bonds is 3. The van der Waals surface area contributed by atoms with E-state index in [1.54, 1.807) is 12.1 Å². The molecule has 1 aromatic carbocycles. The highest BCUT2D eigenvalue weighted by atomic mass is 16.5. The molecule has 20 heavy (non-hydrogen) atoms. The number of aryl methyl sites for hydroxylation is 1. The van der Waals surface area contributed by atoms with Crippen molar-refractivity contribution in [2.24, 2.45) is 0 Å². The minimum Gasteiger partial charge on any atom is -0.376 e. The van der Waals surface area contributed by atoms with Crippen LogP contribution in [0.1, 0.15) is 52.0 Å². The normalized spacial score (nSPS) is 21.6. The average molecular weight is 273 g/mol. The zero-order valence-electron chi connectivity index (χ0n) is 11.5. The summed E-state index contributed by atoms with van der Waals surface area (Å²) in [6, 6.07) is 5.39. The van der Waals surface area contributed by atoms with E-state index in [-0.39, 0.29) is 17.8 Å². The van der Waals surface area contributed by atoms with Gasteiger partial charge >= 0.3 is 0 Å². The minimum absolute atomic E-state index is 0.0821. The maximum Gasteiger partial charge on any atom is 0.251 e. The van der Waals surface area contributed by atoms with Crippen molar-refractivity contribution < 1.29 is 14.3 Å². The third kappa shape index (κ3) is 2.75. The Kier molecular flexibility index (Phi) is 3.83. The first-order valence-corrected chi connectivity index (χ1v) is 7.30. The third-order valence-electron chi connectivity index (χ3n) is 4.03. The summed E-state index contributed by atoms with van der Waals surface area (Å²) < 4.78 is 5.48. The summed E-state index contributed by atoms with van der Waals surface area (Å²) in [4.78, 5) is 23.9. The Balaban J connectivity index is 1.67. The van der Waals surface area contributed by atoms with Gasteiger partial charge in [-0.25, -0.2) is 0 Å². The van der Waals surface area contributed by atoms with E-state index in [4.69, 9.17) is 4.74 Å². The molecule has 1 aromatic rings. The zero-order chi connectivity index (χ0) is 13.9. The van der Waals surface area contributed by atoms with Crippen molar-refractivity contribution in [3.05, 3.63) is 34.9 Å². The van der Waals surface area contributed by atoms with Gasteiger partial charge in [-0.05, 0) is 43.4 Å². The average Bonchev–Trinajstić information content (AvgIpc) is 2.98. The fourth-order valence-electron chi connectivity index (χ4n) is 2.90. The number of amides is 1. The fraction of sp³-hybridized carbons (Fsp3) is 0.500. The van der Waals surface area contributed by atoms with Crippen molar-refractivity contribution in [3.8, 4) is 0 Å². The molecule has 1 aliphatic heterocycles. The first-order valence-electron chi connectivity index (χ1n) is 7.30. The molecule has 3 rings (SSSR count). The molecule has 1 fully saturated rings. The highest BCUT2D eigenvalue weighted by Crippen LogP contribution is 2.22. The van der Waals surface area contributed by atoms with Gasteiger partial charge in [0.25, 0.3) is 5.91 Å². The molecule has 1 amide bonds. The SMILES string of the molecule is O=C(NC[C@H]1CCCO1)c1ccc2c(c1)CCCC2=O. The van der Waals surface area contributed by atoms with Crippen molar-refractivity contribution in [2.45, 2.75) is 38.2 Å². The van der Waals surface area contributed by atoms with Crippen molar-refractivity contribution in [2.75, 3.05) is 13.2 Å². The number of benzene rings is 1. The minimum atomic E-state index is -0.0821. The summed E-state index contributed by atoms with van der Waals surface area (Å²) in [6.45, 7) is 1.36. The lowest BCUT2D eigenvalue weighted by Gasteiger charge is -2.16. The summed E-state index contributed by atoms with van der Waals surface area (Å²) in [5.41, 5.74) is 2.43. The smallest absolute Gasteiger partial charge is 0.251 e. The van der Waals surface area contributed by atoms with Gasteiger partial charge in [-0.3, -0.25) is 9.59 Å². The number of ether oxygens (including phenoxy) is 1. The molecule has 0 saturated carbocycles. The van der Waals surface area contributed by atoms with E-state index < -0.39 is 0 Å². The van der Waals surface area contributed by atoms with Gasteiger partial charge in [0.1, 0.15) is 0 Å². The summed E-state index contributed by atoms with van der Waals surface area (Å²) >= 11 is 0. The van der Waals surface area contributed by atoms with Crippen LogP contribution in [-0.4, -0.2) is 30.9 Å². The Bertz CT molecular complexity index is 533. The Morgan fingerprint density at radius 3 is 3.00 bits per heavy atom. The molecule has 4 nitrogen and oxygen atoms in total. The van der Waals surface area contributed by atoms with Crippen LogP contribution < -0.4 is 5.32 Å². The van der Waals surface area contributed by atoms with Gasteiger partial charge in [-0.2, -0.15) is 0 Å². The quantitative estimate of drug-likeness (QED) is 0.917. The maximum absolute atomic E-state index is 12.1. The number of Topliss-reactive ketones (excluding diaryl/α,β-unsaturated/α-hetero) is 1. The third-order valence-corrected chi connectivity index (χ3v) is 4.03. The Hall–Kier alpha value is -1.68. The van der Waals surface area contributed by atoms with E-state index in [9.17, 15) is 9.59 Å². The van der Waals surface area contributed by atoms with E-state index in [2.05, 4.69) is 5.32 Å². The molecule has 1 N–H and O–H groups in total. The van der Waals surface area contributed by atoms with Crippen LogP contribution in [-0.2, 0) is 11.2 Å². The highest BCUT2D eigenvalue weighted by Gasteiger charge is 2.20. The molecule has 0 bridgehead atoms. The molecule has 0 aromatic heterocycles. The van der Waals surface area contributed by atoms with E-state index >= 15 is 0 Å². The standard InChI is InChI=1S/C16H19NO3/c18-15-5-1-3-11-9-12(6-7-14(11)15)16(19)17-10-13-4-2-8-20-13/h6-7,9,13H,1-5,8,10H2,(H,17,19)/t13-/m1/s1. The number of ketones is 1. The van der Waals surface area contributed by atoms with Crippen LogP contribution in [0.3, 0.4) is 0 Å². The van der Waals surface area contributed by atoms with Crippen LogP contribution in [0.25, 0.3) is 0 Å². The van der Waals surface area contributed by atoms with Crippen molar-refractivity contribution in [3.63, 3.8) is 0 Å². The first-order chi connectivity index (χ1) is 9.74. The second-order valence-corrected chi connectivity index (χ2v) is 5.49. The summed E-state index contributed by atoms with van der Waals surface area (Å²) in [7, 11) is 0. The van der Waals surface area contributed by atoms with Crippen LogP contribution >= 0.6 is 0 Å². The molecule has 1 heterocycles. The van der Waals surface area contributed by atoms with Gasteiger partial charge in [-0.1, -0.05) is 6.07 Å². The highest BCUT2D eigenvalue weighted by molar-refractivity contribution is 6.00. The predicted molar refractivity (Wildman–Crippen MR) is 75.0 cm³/mol. The molecule has 106 valence electrons. The van der Waals surface area contributed by atoms with Crippen LogP contribution in [0.15, 0.2) is 18.2 Å². The summed E-state index contributed by atoms with van der Waals surface area (Å²) in [6.07, 6.45) is 4.62. The van der Waals surface area contributed by atoms with Gasteiger partial charge in [0.15, 0.2) is 5.78 Å². The molecule has 0 unspecified atom stereocenters. The Morgan fingerprint density at radius 2 is 2.20 bits per heavy atom. The van der Waals surface area contributed by atoms with E-state index in [1.807, 2.05) is 6.07 Å². The molecule has 0 spiro atoms. The number of nitrogens with one attached hydrogen (secondary N) is 1. The lowest BCUT2D eigenvalue weighted by Crippen LogP contribution is -2.31. The molecule has 1 atom stereocenters. The van der Waals surface area contributed by atoms with Gasteiger partial charge in [0, 0.05) is 30.7 Å². The molecule has 1 aliphatic carbocycles. The van der Waals surface area contributed by atoms with Crippen LogP contribution in [0.4, 0.5) is 0 Å². The maximum atomic E-state index is 12.1. The molecule has 1 saturated heterocycles. The number of hydrogen-bond acceptors (Lipinski definition) is 3. The fourth-order valence-corrected chi connectivity index (χ4v) is 2.90. The molecule has 0 radical (unpaired) electrons. The van der Waals surface area contributed by atoms with Crippen molar-refractivity contribution >= 4 is 11.7 Å². The van der Waals surface area contributed by atoms with Crippen LogP contribution in [0, 0.1) is 0 Å². The van der Waals surface area contributed by atoms with Crippen molar-refractivity contribution in [1.82, 2.24) is 5.32 Å². The van der Waals surface area contributed by atoms with Gasteiger partial charge < -0.3 is 10.1 Å². The summed E-state index contributed by atoms with van der Waals surface area (Å²) in [5.74, 6) is 0.110. The first kappa shape index (κ1) is 13.3. The molecule has 4 heteroatoms. The topological polar surface area (TPSA) is 55.4 Å². The largest absolute Gasteiger partial charge is 0.376 e.